The van der Waals surface area contributed by atoms with E-state index in [0.29, 0.717) is 19.6 Å². The van der Waals surface area contributed by atoms with Crippen molar-refractivity contribution in [3.05, 3.63) is 112 Å². The van der Waals surface area contributed by atoms with Gasteiger partial charge in [0.2, 0.25) is 0 Å². The summed E-state index contributed by atoms with van der Waals surface area (Å²) in [5.74, 6) is 6.43. The lowest BCUT2D eigenvalue weighted by molar-refractivity contribution is 0.280. The van der Waals surface area contributed by atoms with Gasteiger partial charge in [0.1, 0.15) is 0 Å². The highest BCUT2D eigenvalue weighted by Gasteiger charge is 2.20. The Labute approximate surface area is 187 Å². The number of hydrogen-bond acceptors (Lipinski definition) is 4. The standard InChI is InChI=1S/C27H23N3O2/c31-27-25-18-29(14-4-7-21-5-2-1-3-6-21)15-12-26(25)28-20-30(27)17-22-8-10-23(11-9-22)24-13-16-32-19-24/h1-3,5-6,8-11,13,16,19-20H,12,14-15,17-18H2. The van der Waals surface area contributed by atoms with Crippen molar-refractivity contribution < 1.29 is 4.42 Å². The molecule has 4 aromatic rings. The van der Waals surface area contributed by atoms with E-state index < -0.39 is 0 Å². The maximum atomic E-state index is 13.2. The Bertz CT molecular complexity index is 1310. The molecule has 1 aliphatic heterocycles. The highest BCUT2D eigenvalue weighted by Crippen LogP contribution is 2.20. The van der Waals surface area contributed by atoms with Crippen molar-refractivity contribution in [1.29, 1.82) is 0 Å². The van der Waals surface area contributed by atoms with Crippen LogP contribution in [0.2, 0.25) is 0 Å². The van der Waals surface area contributed by atoms with E-state index in [1.54, 1.807) is 23.4 Å². The van der Waals surface area contributed by atoms with Gasteiger partial charge < -0.3 is 4.42 Å². The largest absolute Gasteiger partial charge is 0.472 e. The molecule has 5 rings (SSSR count). The first-order valence-corrected chi connectivity index (χ1v) is 10.7. The normalized spacial score (nSPS) is 13.2. The molecule has 0 saturated carbocycles. The zero-order valence-electron chi connectivity index (χ0n) is 17.7. The Morgan fingerprint density at radius 1 is 1.00 bits per heavy atom. The van der Waals surface area contributed by atoms with E-state index in [9.17, 15) is 4.79 Å². The summed E-state index contributed by atoms with van der Waals surface area (Å²) in [6.45, 7) is 2.59. The van der Waals surface area contributed by atoms with Gasteiger partial charge in [-0.2, -0.15) is 0 Å². The summed E-state index contributed by atoms with van der Waals surface area (Å²) in [4.78, 5) is 20.0. The highest BCUT2D eigenvalue weighted by atomic mass is 16.3. The number of benzene rings is 2. The van der Waals surface area contributed by atoms with Crippen LogP contribution in [0.3, 0.4) is 0 Å². The summed E-state index contributed by atoms with van der Waals surface area (Å²) in [6.07, 6.45) is 5.84. The van der Waals surface area contributed by atoms with E-state index in [-0.39, 0.29) is 5.56 Å². The van der Waals surface area contributed by atoms with Crippen molar-refractivity contribution in [2.24, 2.45) is 0 Å². The van der Waals surface area contributed by atoms with Gasteiger partial charge in [-0.25, -0.2) is 4.98 Å². The maximum Gasteiger partial charge on any atom is 0.258 e. The Hall–Kier alpha value is -3.88. The molecule has 0 spiro atoms. The minimum Gasteiger partial charge on any atom is -0.472 e. The zero-order chi connectivity index (χ0) is 21.8. The smallest absolute Gasteiger partial charge is 0.258 e. The number of fused-ring (bicyclic) bond motifs is 1. The van der Waals surface area contributed by atoms with Crippen LogP contribution in [0.25, 0.3) is 11.1 Å². The van der Waals surface area contributed by atoms with Gasteiger partial charge in [0.05, 0.1) is 43.2 Å². The lowest BCUT2D eigenvalue weighted by Gasteiger charge is -2.26. The van der Waals surface area contributed by atoms with Crippen LogP contribution in [0.4, 0.5) is 0 Å². The van der Waals surface area contributed by atoms with Crippen molar-refractivity contribution in [1.82, 2.24) is 14.5 Å². The van der Waals surface area contributed by atoms with Crippen molar-refractivity contribution in [3.63, 3.8) is 0 Å². The lowest BCUT2D eigenvalue weighted by atomic mass is 10.1. The van der Waals surface area contributed by atoms with Crippen molar-refractivity contribution in [2.45, 2.75) is 19.5 Å². The van der Waals surface area contributed by atoms with E-state index in [4.69, 9.17) is 4.42 Å². The monoisotopic (exact) mass is 421 g/mol. The fourth-order valence-electron chi connectivity index (χ4n) is 3.96. The molecular weight excluding hydrogens is 398 g/mol. The summed E-state index contributed by atoms with van der Waals surface area (Å²) >= 11 is 0. The van der Waals surface area contributed by atoms with Gasteiger partial charge in [0, 0.05) is 30.6 Å². The van der Waals surface area contributed by atoms with Gasteiger partial charge in [0.15, 0.2) is 0 Å². The molecule has 0 atom stereocenters. The third kappa shape index (κ3) is 4.41. The van der Waals surface area contributed by atoms with Crippen molar-refractivity contribution >= 4 is 0 Å². The first kappa shape index (κ1) is 20.0. The third-order valence-electron chi connectivity index (χ3n) is 5.74. The van der Waals surface area contributed by atoms with Gasteiger partial charge in [-0.05, 0) is 29.3 Å². The van der Waals surface area contributed by atoms with Crippen LogP contribution in [0.1, 0.15) is 22.4 Å². The molecule has 0 radical (unpaired) electrons. The maximum absolute atomic E-state index is 13.2. The summed E-state index contributed by atoms with van der Waals surface area (Å²) in [5.41, 5.74) is 5.93. The number of rotatable bonds is 4. The van der Waals surface area contributed by atoms with E-state index >= 15 is 0 Å². The molecule has 2 aromatic carbocycles. The molecule has 5 heteroatoms. The van der Waals surface area contributed by atoms with E-state index in [0.717, 1.165) is 46.5 Å². The summed E-state index contributed by atoms with van der Waals surface area (Å²) in [7, 11) is 0. The van der Waals surface area contributed by atoms with Crippen LogP contribution in [0.5, 0.6) is 0 Å². The van der Waals surface area contributed by atoms with Crippen LogP contribution >= 0.6 is 0 Å². The molecule has 0 aliphatic carbocycles. The summed E-state index contributed by atoms with van der Waals surface area (Å²) in [6, 6.07) is 20.1. The van der Waals surface area contributed by atoms with Gasteiger partial charge in [-0.1, -0.05) is 54.3 Å². The van der Waals surface area contributed by atoms with E-state index in [1.165, 1.54) is 0 Å². The van der Waals surface area contributed by atoms with Gasteiger partial charge in [-0.15, -0.1) is 0 Å². The van der Waals surface area contributed by atoms with Crippen LogP contribution in [0, 0.1) is 11.8 Å². The molecule has 1 aliphatic rings. The minimum absolute atomic E-state index is 0.0367. The number of aromatic nitrogens is 2. The number of nitrogens with zero attached hydrogens (tertiary/aromatic N) is 3. The Balaban J connectivity index is 1.29. The zero-order valence-corrected chi connectivity index (χ0v) is 17.7. The van der Waals surface area contributed by atoms with Gasteiger partial charge in [-0.3, -0.25) is 14.3 Å². The van der Waals surface area contributed by atoms with E-state index in [1.807, 2.05) is 60.7 Å². The van der Waals surface area contributed by atoms with Crippen molar-refractivity contribution in [3.8, 4) is 23.0 Å². The average Bonchev–Trinajstić information content (AvgIpc) is 3.37. The fraction of sp³-hybridized carbons (Fsp3) is 0.185. The molecule has 0 bridgehead atoms. The first-order valence-electron chi connectivity index (χ1n) is 10.7. The predicted octanol–water partition coefficient (Wildman–Crippen LogP) is 3.96. The quantitative estimate of drug-likeness (QED) is 0.468. The molecular formula is C27H23N3O2. The average molecular weight is 422 g/mol. The van der Waals surface area contributed by atoms with Crippen LogP contribution in [-0.4, -0.2) is 27.5 Å². The van der Waals surface area contributed by atoms with Crippen LogP contribution in [-0.2, 0) is 19.5 Å². The second-order valence-corrected chi connectivity index (χ2v) is 7.94. The summed E-state index contributed by atoms with van der Waals surface area (Å²) < 4.78 is 6.85. The lowest BCUT2D eigenvalue weighted by Crippen LogP contribution is -2.38. The highest BCUT2D eigenvalue weighted by molar-refractivity contribution is 5.62. The third-order valence-corrected chi connectivity index (χ3v) is 5.74. The van der Waals surface area contributed by atoms with Crippen LogP contribution < -0.4 is 5.56 Å². The topological polar surface area (TPSA) is 51.3 Å². The number of hydrogen-bond donors (Lipinski definition) is 0. The summed E-state index contributed by atoms with van der Waals surface area (Å²) in [5, 5.41) is 0. The Morgan fingerprint density at radius 3 is 2.62 bits per heavy atom. The van der Waals surface area contributed by atoms with E-state index in [2.05, 4.69) is 21.7 Å². The molecule has 0 saturated heterocycles. The molecule has 0 unspecified atom stereocenters. The second-order valence-electron chi connectivity index (χ2n) is 7.94. The molecule has 32 heavy (non-hydrogen) atoms. The molecule has 5 nitrogen and oxygen atoms in total. The minimum atomic E-state index is 0.0367. The van der Waals surface area contributed by atoms with Gasteiger partial charge in [0.25, 0.3) is 5.56 Å². The predicted molar refractivity (Wildman–Crippen MR) is 124 cm³/mol. The SMILES string of the molecule is O=c1c2c(ncn1Cc1ccc(-c3ccoc3)cc1)CCN(CC#Cc1ccccc1)C2. The van der Waals surface area contributed by atoms with Crippen molar-refractivity contribution in [2.75, 3.05) is 13.1 Å². The second kappa shape index (κ2) is 9.09. The fourth-order valence-corrected chi connectivity index (χ4v) is 3.96. The van der Waals surface area contributed by atoms with Gasteiger partial charge >= 0.3 is 0 Å². The molecule has 2 aromatic heterocycles. The molecule has 3 heterocycles. The molecule has 0 N–H and O–H groups in total. The number of furan rings is 1. The molecule has 158 valence electrons. The van der Waals surface area contributed by atoms with Crippen LogP contribution in [0.15, 0.2) is 88.7 Å². The first-order chi connectivity index (χ1) is 15.8. The molecule has 0 fully saturated rings. The Morgan fingerprint density at radius 2 is 1.84 bits per heavy atom. The Kier molecular flexibility index (Phi) is 5.69. The molecule has 0 amide bonds.